The quantitative estimate of drug-likeness (QED) is 0.224. The Bertz CT molecular complexity index is 785. The summed E-state index contributed by atoms with van der Waals surface area (Å²) in [6.45, 7) is 32.1. The Labute approximate surface area is 263 Å². The third-order valence-electron chi connectivity index (χ3n) is 12.4. The molecule has 242 valence electrons. The minimum absolute atomic E-state index is 0.277. The minimum atomic E-state index is 0.277. The van der Waals surface area contributed by atoms with Gasteiger partial charge in [0.05, 0.1) is 0 Å². The first-order chi connectivity index (χ1) is 19.6. The van der Waals surface area contributed by atoms with Crippen molar-refractivity contribution in [2.75, 3.05) is 13.1 Å². The van der Waals surface area contributed by atoms with Crippen molar-refractivity contribution in [1.82, 2.24) is 9.80 Å². The average molecular weight is 581 g/mol. The van der Waals surface area contributed by atoms with Gasteiger partial charge >= 0.3 is 0 Å². The molecule has 2 saturated carbocycles. The lowest BCUT2D eigenvalue weighted by Gasteiger charge is -2.57. The van der Waals surface area contributed by atoms with Gasteiger partial charge in [-0.2, -0.15) is 0 Å². The summed E-state index contributed by atoms with van der Waals surface area (Å²) in [6, 6.07) is 0. The van der Waals surface area contributed by atoms with Gasteiger partial charge in [0.2, 0.25) is 0 Å². The molecule has 4 rings (SSSR count). The van der Waals surface area contributed by atoms with Crippen LogP contribution in [0.5, 0.6) is 0 Å². The van der Waals surface area contributed by atoms with Gasteiger partial charge in [0.1, 0.15) is 0 Å². The molecule has 0 aromatic heterocycles. The molecule has 0 spiro atoms. The lowest BCUT2D eigenvalue weighted by atomic mass is 9.70. The summed E-state index contributed by atoms with van der Waals surface area (Å²) < 4.78 is 0. The van der Waals surface area contributed by atoms with Crippen LogP contribution < -0.4 is 0 Å². The van der Waals surface area contributed by atoms with Gasteiger partial charge in [-0.05, 0) is 156 Å². The Morgan fingerprint density at radius 3 is 1.05 bits per heavy atom. The maximum Gasteiger partial charge on any atom is 0.0161 e. The van der Waals surface area contributed by atoms with Gasteiger partial charge in [0.25, 0.3) is 0 Å². The van der Waals surface area contributed by atoms with Crippen LogP contribution in [-0.4, -0.2) is 45.0 Å². The molecule has 0 amide bonds. The van der Waals surface area contributed by atoms with Gasteiger partial charge in [-0.25, -0.2) is 0 Å². The van der Waals surface area contributed by atoms with Gasteiger partial charge in [0, 0.05) is 35.2 Å². The number of rotatable bonds is 11. The molecule has 0 unspecified atom stereocenters. The number of hydrogen-bond donors (Lipinski definition) is 0. The van der Waals surface area contributed by atoms with Gasteiger partial charge < -0.3 is 0 Å². The number of hydrogen-bond acceptors (Lipinski definition) is 2. The Balaban J connectivity index is 1.23. The van der Waals surface area contributed by atoms with Crippen molar-refractivity contribution in [3.05, 3.63) is 24.3 Å². The van der Waals surface area contributed by atoms with Crippen molar-refractivity contribution in [2.45, 2.75) is 193 Å². The summed E-state index contributed by atoms with van der Waals surface area (Å²) in [6.07, 6.45) is 24.4. The fourth-order valence-corrected chi connectivity index (χ4v) is 11.0. The standard InChI is InChI=1S/C40H72N2/c1-31(23-35-25-37(3,4)41(38(5,6)26-35)29-33-17-13-11-14-18-33)21-22-32(2)24-36-27-39(7,8)42(40(9,10)28-36)30-34-19-15-12-16-20-34/h33-36H,1-2,11-30H2,3-10H3. The van der Waals surface area contributed by atoms with E-state index in [1.807, 2.05) is 0 Å². The molecular formula is C40H72N2. The largest absolute Gasteiger partial charge is 0.293 e. The first-order valence-corrected chi connectivity index (χ1v) is 18.5. The van der Waals surface area contributed by atoms with Crippen LogP contribution in [0.1, 0.15) is 171 Å². The van der Waals surface area contributed by atoms with Crippen LogP contribution in [0.25, 0.3) is 0 Å². The Morgan fingerprint density at radius 1 is 0.476 bits per heavy atom. The highest BCUT2D eigenvalue weighted by molar-refractivity contribution is 5.09. The average Bonchev–Trinajstić information content (AvgIpc) is 2.87. The molecule has 2 saturated heterocycles. The Kier molecular flexibility index (Phi) is 11.3. The van der Waals surface area contributed by atoms with Gasteiger partial charge in [-0.1, -0.05) is 62.8 Å². The molecule has 0 atom stereocenters. The number of allylic oxidation sites excluding steroid dienone is 2. The molecule has 0 radical (unpaired) electrons. The van der Waals surface area contributed by atoms with Crippen LogP contribution in [-0.2, 0) is 0 Å². The van der Waals surface area contributed by atoms with E-state index in [0.717, 1.165) is 36.5 Å². The van der Waals surface area contributed by atoms with Crippen molar-refractivity contribution in [2.24, 2.45) is 23.7 Å². The summed E-state index contributed by atoms with van der Waals surface area (Å²) in [7, 11) is 0. The second kappa shape index (κ2) is 13.8. The summed E-state index contributed by atoms with van der Waals surface area (Å²) >= 11 is 0. The summed E-state index contributed by atoms with van der Waals surface area (Å²) in [5.41, 5.74) is 4.05. The van der Waals surface area contributed by atoms with Crippen LogP contribution in [0.3, 0.4) is 0 Å². The van der Waals surface area contributed by atoms with Crippen LogP contribution in [0.4, 0.5) is 0 Å². The maximum absolute atomic E-state index is 4.63. The zero-order valence-electron chi connectivity index (χ0n) is 29.8. The number of likely N-dealkylation sites (tertiary alicyclic amines) is 2. The highest BCUT2D eigenvalue weighted by Gasteiger charge is 2.47. The first-order valence-electron chi connectivity index (χ1n) is 18.5. The van der Waals surface area contributed by atoms with Crippen molar-refractivity contribution in [1.29, 1.82) is 0 Å². The van der Waals surface area contributed by atoms with Gasteiger partial charge in [-0.3, -0.25) is 9.80 Å². The van der Waals surface area contributed by atoms with Crippen LogP contribution in [0.15, 0.2) is 24.3 Å². The minimum Gasteiger partial charge on any atom is -0.293 e. The Morgan fingerprint density at radius 2 is 0.762 bits per heavy atom. The predicted molar refractivity (Wildman–Crippen MR) is 185 cm³/mol. The van der Waals surface area contributed by atoms with Crippen LogP contribution in [0.2, 0.25) is 0 Å². The first kappa shape index (κ1) is 34.3. The topological polar surface area (TPSA) is 6.48 Å². The Hall–Kier alpha value is -0.600. The third kappa shape index (κ3) is 8.99. The molecule has 2 heterocycles. The highest BCUT2D eigenvalue weighted by atomic mass is 15.3. The number of nitrogens with zero attached hydrogens (tertiary/aromatic N) is 2. The number of piperidine rings is 2. The summed E-state index contributed by atoms with van der Waals surface area (Å²) in [5.74, 6) is 3.34. The van der Waals surface area contributed by atoms with Crippen molar-refractivity contribution in [3.63, 3.8) is 0 Å². The molecule has 2 aliphatic heterocycles. The molecule has 2 aliphatic carbocycles. The molecular weight excluding hydrogens is 508 g/mol. The predicted octanol–water partition coefficient (Wildman–Crippen LogP) is 11.4. The molecule has 0 N–H and O–H groups in total. The molecule has 0 bridgehead atoms. The summed E-state index contributed by atoms with van der Waals surface area (Å²) in [5, 5.41) is 0. The monoisotopic (exact) mass is 581 g/mol. The molecule has 0 aromatic rings. The fourth-order valence-electron chi connectivity index (χ4n) is 11.0. The van der Waals surface area contributed by atoms with E-state index in [-0.39, 0.29) is 22.2 Å². The normalized spacial score (nSPS) is 28.1. The van der Waals surface area contributed by atoms with E-state index >= 15 is 0 Å². The van der Waals surface area contributed by atoms with E-state index in [4.69, 9.17) is 0 Å². The highest BCUT2D eigenvalue weighted by Crippen LogP contribution is 2.47. The van der Waals surface area contributed by atoms with Crippen molar-refractivity contribution < 1.29 is 0 Å². The molecule has 4 aliphatic rings. The van der Waals surface area contributed by atoms with Crippen LogP contribution >= 0.6 is 0 Å². The molecule has 4 fully saturated rings. The van der Waals surface area contributed by atoms with E-state index in [0.29, 0.717) is 0 Å². The zero-order chi connectivity index (χ0) is 30.8. The third-order valence-corrected chi connectivity index (χ3v) is 12.4. The molecule has 42 heavy (non-hydrogen) atoms. The van der Waals surface area contributed by atoms with Crippen LogP contribution in [0, 0.1) is 23.7 Å². The lowest BCUT2D eigenvalue weighted by Crippen LogP contribution is -2.61. The second-order valence-electron chi connectivity index (χ2n) is 18.4. The van der Waals surface area contributed by atoms with E-state index in [9.17, 15) is 0 Å². The van der Waals surface area contributed by atoms with Crippen molar-refractivity contribution in [3.8, 4) is 0 Å². The summed E-state index contributed by atoms with van der Waals surface area (Å²) in [4.78, 5) is 5.81. The van der Waals surface area contributed by atoms with E-state index < -0.39 is 0 Å². The second-order valence-corrected chi connectivity index (χ2v) is 18.4. The molecule has 2 nitrogen and oxygen atoms in total. The molecule has 0 aromatic carbocycles. The zero-order valence-corrected chi connectivity index (χ0v) is 29.8. The van der Waals surface area contributed by atoms with Gasteiger partial charge in [-0.15, -0.1) is 0 Å². The molecule has 2 heteroatoms. The fraction of sp³-hybridized carbons (Fsp3) is 0.900. The van der Waals surface area contributed by atoms with Gasteiger partial charge in [0.15, 0.2) is 0 Å². The lowest BCUT2D eigenvalue weighted by molar-refractivity contribution is -0.0639. The SMILES string of the molecule is C=C(CCC(=C)CC1CC(C)(C)N(CC2CCCCC2)C(C)(C)C1)CC1CC(C)(C)N(CC2CCCCC2)C(C)(C)C1. The van der Waals surface area contributed by atoms with E-state index in [2.05, 4.69) is 78.3 Å². The van der Waals surface area contributed by atoms with Crippen molar-refractivity contribution >= 4 is 0 Å². The maximum atomic E-state index is 4.63. The van der Waals surface area contributed by atoms with E-state index in [1.165, 1.54) is 127 Å². The van der Waals surface area contributed by atoms with E-state index in [1.54, 1.807) is 0 Å². The smallest absolute Gasteiger partial charge is 0.0161 e.